The molecule has 0 aromatic heterocycles. The molecule has 0 spiro atoms. The Morgan fingerprint density at radius 2 is 2.10 bits per heavy atom. The average Bonchev–Trinajstić information content (AvgIpc) is 2.34. The molecule has 5 heteroatoms. The van der Waals surface area contributed by atoms with E-state index in [0.717, 1.165) is 45.3 Å². The fraction of sp³-hybridized carbons (Fsp3) is 0.938. The van der Waals surface area contributed by atoms with E-state index in [-0.39, 0.29) is 18.7 Å². The van der Waals surface area contributed by atoms with E-state index in [9.17, 15) is 4.79 Å². The summed E-state index contributed by atoms with van der Waals surface area (Å²) in [6.07, 6.45) is 3.62. The van der Waals surface area contributed by atoms with Crippen LogP contribution in [0.2, 0.25) is 0 Å². The van der Waals surface area contributed by atoms with Crippen LogP contribution in [-0.2, 0) is 4.74 Å². The van der Waals surface area contributed by atoms with E-state index < -0.39 is 5.60 Å². The Labute approximate surface area is 129 Å². The third kappa shape index (κ3) is 7.67. The molecule has 2 unspecified atom stereocenters. The van der Waals surface area contributed by atoms with Crippen molar-refractivity contribution in [2.75, 3.05) is 26.2 Å². The van der Waals surface area contributed by atoms with Crippen LogP contribution in [0.15, 0.2) is 0 Å². The third-order valence-electron chi connectivity index (χ3n) is 3.64. The SMILES string of the molecule is CCCN1CC(CCCO)CC(NC(=O)OC(C)(C)C)C1. The number of rotatable bonds is 6. The van der Waals surface area contributed by atoms with E-state index in [2.05, 4.69) is 17.1 Å². The van der Waals surface area contributed by atoms with Crippen molar-refractivity contribution in [2.45, 2.75) is 65.0 Å². The first-order valence-corrected chi connectivity index (χ1v) is 8.16. The van der Waals surface area contributed by atoms with Crippen LogP contribution in [0.5, 0.6) is 0 Å². The quantitative estimate of drug-likeness (QED) is 0.790. The van der Waals surface area contributed by atoms with Crippen LogP contribution in [0.25, 0.3) is 0 Å². The molecule has 124 valence electrons. The van der Waals surface area contributed by atoms with Gasteiger partial charge in [0.25, 0.3) is 0 Å². The maximum atomic E-state index is 11.9. The van der Waals surface area contributed by atoms with E-state index in [4.69, 9.17) is 9.84 Å². The summed E-state index contributed by atoms with van der Waals surface area (Å²) in [5.74, 6) is 0.539. The molecule has 0 aromatic carbocycles. The van der Waals surface area contributed by atoms with Crippen LogP contribution in [-0.4, -0.2) is 54.0 Å². The van der Waals surface area contributed by atoms with E-state index in [1.165, 1.54) is 0 Å². The van der Waals surface area contributed by atoms with E-state index in [1.807, 2.05) is 20.8 Å². The Bertz CT molecular complexity index is 315. The van der Waals surface area contributed by atoms with Gasteiger partial charge >= 0.3 is 6.09 Å². The molecule has 1 fully saturated rings. The molecule has 0 aliphatic carbocycles. The fourth-order valence-corrected chi connectivity index (χ4v) is 2.97. The number of ether oxygens (including phenoxy) is 1. The Morgan fingerprint density at radius 1 is 1.38 bits per heavy atom. The van der Waals surface area contributed by atoms with Crippen molar-refractivity contribution in [2.24, 2.45) is 5.92 Å². The van der Waals surface area contributed by atoms with Crippen LogP contribution >= 0.6 is 0 Å². The predicted octanol–water partition coefficient (Wildman–Crippen LogP) is 2.38. The van der Waals surface area contributed by atoms with Crippen LogP contribution in [0.1, 0.15) is 53.4 Å². The van der Waals surface area contributed by atoms with Crippen molar-refractivity contribution in [1.82, 2.24) is 10.2 Å². The highest BCUT2D eigenvalue weighted by Gasteiger charge is 2.28. The van der Waals surface area contributed by atoms with E-state index in [1.54, 1.807) is 0 Å². The molecule has 21 heavy (non-hydrogen) atoms. The van der Waals surface area contributed by atoms with Gasteiger partial charge in [-0.25, -0.2) is 4.79 Å². The summed E-state index contributed by atoms with van der Waals surface area (Å²) in [6.45, 7) is 11.1. The van der Waals surface area contributed by atoms with Gasteiger partial charge < -0.3 is 20.1 Å². The summed E-state index contributed by atoms with van der Waals surface area (Å²) < 4.78 is 5.34. The Hall–Kier alpha value is -0.810. The standard InChI is InChI=1S/C16H32N2O3/c1-5-8-18-11-13(7-6-9-19)10-14(12-18)17-15(20)21-16(2,3)4/h13-14,19H,5-12H2,1-4H3,(H,17,20). The number of nitrogens with one attached hydrogen (secondary N) is 1. The lowest BCUT2D eigenvalue weighted by molar-refractivity contribution is 0.0443. The first-order chi connectivity index (χ1) is 9.84. The summed E-state index contributed by atoms with van der Waals surface area (Å²) >= 11 is 0. The van der Waals surface area contributed by atoms with Crippen LogP contribution in [0, 0.1) is 5.92 Å². The number of hydrogen-bond donors (Lipinski definition) is 2. The second kappa shape index (κ2) is 8.59. The molecular weight excluding hydrogens is 268 g/mol. The monoisotopic (exact) mass is 300 g/mol. The van der Waals surface area contributed by atoms with Gasteiger partial charge in [-0.1, -0.05) is 6.92 Å². The van der Waals surface area contributed by atoms with Gasteiger partial charge in [-0.05, 0) is 58.9 Å². The minimum atomic E-state index is -0.460. The Morgan fingerprint density at radius 3 is 2.67 bits per heavy atom. The number of aliphatic hydroxyl groups excluding tert-OH is 1. The molecule has 0 aromatic rings. The number of alkyl carbamates (subject to hydrolysis) is 1. The minimum absolute atomic E-state index is 0.142. The number of piperidine rings is 1. The largest absolute Gasteiger partial charge is 0.444 e. The van der Waals surface area contributed by atoms with Gasteiger partial charge in [0.1, 0.15) is 5.60 Å². The summed E-state index contributed by atoms with van der Waals surface area (Å²) in [4.78, 5) is 14.3. The van der Waals surface area contributed by atoms with Gasteiger partial charge in [0.05, 0.1) is 0 Å². The second-order valence-corrected chi connectivity index (χ2v) is 7.07. The fourth-order valence-electron chi connectivity index (χ4n) is 2.97. The number of likely N-dealkylation sites (tertiary alicyclic amines) is 1. The van der Waals surface area contributed by atoms with Gasteiger partial charge in [0, 0.05) is 25.7 Å². The molecule has 0 saturated carbocycles. The molecule has 2 atom stereocenters. The molecule has 5 nitrogen and oxygen atoms in total. The number of amides is 1. The van der Waals surface area contributed by atoms with Gasteiger partial charge in [0.2, 0.25) is 0 Å². The predicted molar refractivity (Wildman–Crippen MR) is 84.3 cm³/mol. The highest BCUT2D eigenvalue weighted by molar-refractivity contribution is 5.68. The molecule has 0 radical (unpaired) electrons. The summed E-state index contributed by atoms with van der Waals surface area (Å²) in [5.41, 5.74) is -0.460. The molecule has 0 bridgehead atoms. The smallest absolute Gasteiger partial charge is 0.407 e. The van der Waals surface area contributed by atoms with Crippen molar-refractivity contribution in [3.8, 4) is 0 Å². The normalized spacial score (nSPS) is 23.9. The number of carbonyl (C=O) groups excluding carboxylic acids is 1. The molecule has 1 rings (SSSR count). The zero-order chi connectivity index (χ0) is 15.9. The first kappa shape index (κ1) is 18.2. The molecule has 1 heterocycles. The lowest BCUT2D eigenvalue weighted by Crippen LogP contribution is -2.51. The first-order valence-electron chi connectivity index (χ1n) is 8.16. The number of carbonyl (C=O) groups is 1. The van der Waals surface area contributed by atoms with E-state index in [0.29, 0.717) is 5.92 Å². The molecule has 1 saturated heterocycles. The Balaban J connectivity index is 2.52. The zero-order valence-corrected chi connectivity index (χ0v) is 14.0. The maximum Gasteiger partial charge on any atom is 0.407 e. The lowest BCUT2D eigenvalue weighted by atomic mass is 9.90. The van der Waals surface area contributed by atoms with Crippen LogP contribution < -0.4 is 5.32 Å². The van der Waals surface area contributed by atoms with Crippen LogP contribution in [0.4, 0.5) is 4.79 Å². The minimum Gasteiger partial charge on any atom is -0.444 e. The molecule has 1 aliphatic rings. The molecular formula is C16H32N2O3. The highest BCUT2D eigenvalue weighted by atomic mass is 16.6. The second-order valence-electron chi connectivity index (χ2n) is 7.07. The average molecular weight is 300 g/mol. The van der Waals surface area contributed by atoms with Gasteiger partial charge in [-0.2, -0.15) is 0 Å². The van der Waals surface area contributed by atoms with Crippen LogP contribution in [0.3, 0.4) is 0 Å². The maximum absolute atomic E-state index is 11.9. The van der Waals surface area contributed by atoms with Crippen molar-refractivity contribution >= 4 is 6.09 Å². The highest BCUT2D eigenvalue weighted by Crippen LogP contribution is 2.22. The number of aliphatic hydroxyl groups is 1. The van der Waals surface area contributed by atoms with Gasteiger partial charge in [-0.15, -0.1) is 0 Å². The van der Waals surface area contributed by atoms with Crippen molar-refractivity contribution in [3.63, 3.8) is 0 Å². The van der Waals surface area contributed by atoms with Gasteiger partial charge in [-0.3, -0.25) is 0 Å². The molecule has 1 amide bonds. The van der Waals surface area contributed by atoms with Crippen molar-refractivity contribution in [1.29, 1.82) is 0 Å². The summed E-state index contributed by atoms with van der Waals surface area (Å²) in [5, 5.41) is 12.0. The third-order valence-corrected chi connectivity index (χ3v) is 3.64. The van der Waals surface area contributed by atoms with Crippen molar-refractivity contribution < 1.29 is 14.6 Å². The lowest BCUT2D eigenvalue weighted by Gasteiger charge is -2.38. The van der Waals surface area contributed by atoms with Crippen molar-refractivity contribution in [3.05, 3.63) is 0 Å². The van der Waals surface area contributed by atoms with Gasteiger partial charge in [0.15, 0.2) is 0 Å². The summed E-state index contributed by atoms with van der Waals surface area (Å²) in [7, 11) is 0. The molecule has 1 aliphatic heterocycles. The topological polar surface area (TPSA) is 61.8 Å². The zero-order valence-electron chi connectivity index (χ0n) is 14.0. The number of nitrogens with zero attached hydrogens (tertiary/aromatic N) is 1. The van der Waals surface area contributed by atoms with E-state index >= 15 is 0 Å². The molecule has 2 N–H and O–H groups in total. The summed E-state index contributed by atoms with van der Waals surface area (Å²) in [6, 6.07) is 0.142. The number of hydrogen-bond acceptors (Lipinski definition) is 4. The Kier molecular flexibility index (Phi) is 7.46.